The molecule has 5 heteroatoms. The van der Waals surface area contributed by atoms with E-state index in [0.717, 1.165) is 29.5 Å². The van der Waals surface area contributed by atoms with Crippen LogP contribution in [-0.2, 0) is 11.5 Å². The fourth-order valence-corrected chi connectivity index (χ4v) is 4.67. The van der Waals surface area contributed by atoms with Crippen molar-refractivity contribution in [1.29, 1.82) is 0 Å². The first-order chi connectivity index (χ1) is 14.2. The van der Waals surface area contributed by atoms with Crippen molar-refractivity contribution < 1.29 is 0 Å². The van der Waals surface area contributed by atoms with Gasteiger partial charge in [-0.3, -0.25) is 0 Å². The van der Waals surface area contributed by atoms with Crippen LogP contribution in [-0.4, -0.2) is 17.4 Å². The number of hydrogen-bond acceptors (Lipinski definition) is 3. The molecule has 3 aromatic carbocycles. The molecule has 0 aromatic heterocycles. The van der Waals surface area contributed by atoms with Crippen molar-refractivity contribution in [3.8, 4) is 0 Å². The highest BCUT2D eigenvalue weighted by Crippen LogP contribution is 2.23. The van der Waals surface area contributed by atoms with Crippen molar-refractivity contribution in [3.05, 3.63) is 95.6 Å². The molecule has 0 amide bonds. The molecule has 0 aliphatic heterocycles. The number of aryl methyl sites for hydroxylation is 1. The van der Waals surface area contributed by atoms with Crippen LogP contribution in [0.4, 0.5) is 5.69 Å². The van der Waals surface area contributed by atoms with Gasteiger partial charge in [0.1, 0.15) is 0 Å². The van der Waals surface area contributed by atoms with E-state index in [9.17, 15) is 0 Å². The summed E-state index contributed by atoms with van der Waals surface area (Å²) in [5.74, 6) is 3.02. The van der Waals surface area contributed by atoms with Crippen molar-refractivity contribution in [2.24, 2.45) is 0 Å². The van der Waals surface area contributed by atoms with E-state index in [-0.39, 0.29) is 0 Å². The Kier molecular flexibility index (Phi) is 8.93. The van der Waals surface area contributed by atoms with Gasteiger partial charge in [-0.05, 0) is 54.5 Å². The lowest BCUT2D eigenvalue weighted by Gasteiger charge is -2.11. The Balaban J connectivity index is 1.32. The van der Waals surface area contributed by atoms with E-state index in [1.807, 2.05) is 29.6 Å². The second-order valence-corrected chi connectivity index (χ2v) is 9.28. The first-order valence-electron chi connectivity index (χ1n) is 9.64. The van der Waals surface area contributed by atoms with Crippen LogP contribution in [0.25, 0.3) is 0 Å². The summed E-state index contributed by atoms with van der Waals surface area (Å²) in [5, 5.41) is 7.22. The Labute approximate surface area is 187 Å². The molecule has 2 N–H and O–H groups in total. The molecular formula is C24H26N2S3. The summed E-state index contributed by atoms with van der Waals surface area (Å²) in [5.41, 5.74) is 5.01. The Morgan fingerprint density at radius 2 is 1.66 bits per heavy atom. The molecule has 0 heterocycles. The zero-order chi connectivity index (χ0) is 20.3. The first-order valence-corrected chi connectivity index (χ1v) is 12.2. The van der Waals surface area contributed by atoms with Crippen molar-refractivity contribution in [2.45, 2.75) is 23.3 Å². The van der Waals surface area contributed by atoms with E-state index < -0.39 is 0 Å². The van der Waals surface area contributed by atoms with Crippen LogP contribution in [0.3, 0.4) is 0 Å². The highest BCUT2D eigenvalue weighted by Gasteiger charge is 2.00. The molecule has 3 rings (SSSR count). The maximum Gasteiger partial charge on any atom is 0.170 e. The van der Waals surface area contributed by atoms with E-state index in [1.54, 1.807) is 0 Å². The van der Waals surface area contributed by atoms with Crippen LogP contribution < -0.4 is 10.6 Å². The molecule has 0 saturated heterocycles. The normalized spacial score (nSPS) is 10.5. The molecule has 150 valence electrons. The van der Waals surface area contributed by atoms with Gasteiger partial charge >= 0.3 is 0 Å². The molecule has 0 aliphatic carbocycles. The van der Waals surface area contributed by atoms with Gasteiger partial charge in [-0.1, -0.05) is 60.2 Å². The average Bonchev–Trinajstić information content (AvgIpc) is 2.74. The SMILES string of the molecule is Cc1cccc(CSCCNC(=S)Nc2ccc(CSc3ccccc3)cc2)c1. The number of benzene rings is 3. The second kappa shape index (κ2) is 11.9. The number of anilines is 1. The third kappa shape index (κ3) is 8.13. The Hall–Kier alpha value is -1.95. The maximum atomic E-state index is 5.41. The molecule has 0 spiro atoms. The summed E-state index contributed by atoms with van der Waals surface area (Å²) in [6.45, 7) is 2.99. The molecular weight excluding hydrogens is 412 g/mol. The fraction of sp³-hybridized carbons (Fsp3) is 0.208. The van der Waals surface area contributed by atoms with Crippen LogP contribution in [0.15, 0.2) is 83.8 Å². The predicted molar refractivity (Wildman–Crippen MR) is 134 cm³/mol. The molecule has 0 bridgehead atoms. The second-order valence-electron chi connectivity index (χ2n) is 6.72. The first kappa shape index (κ1) is 21.8. The van der Waals surface area contributed by atoms with Gasteiger partial charge in [0.15, 0.2) is 5.11 Å². The average molecular weight is 439 g/mol. The molecule has 0 radical (unpaired) electrons. The molecule has 0 aliphatic rings. The highest BCUT2D eigenvalue weighted by molar-refractivity contribution is 7.98. The van der Waals surface area contributed by atoms with E-state index in [0.29, 0.717) is 5.11 Å². The van der Waals surface area contributed by atoms with Crippen LogP contribution >= 0.6 is 35.7 Å². The molecule has 3 aromatic rings. The molecule has 0 atom stereocenters. The van der Waals surface area contributed by atoms with Gasteiger partial charge < -0.3 is 10.6 Å². The van der Waals surface area contributed by atoms with E-state index in [4.69, 9.17) is 12.2 Å². The minimum absolute atomic E-state index is 0.674. The molecule has 0 unspecified atom stereocenters. The van der Waals surface area contributed by atoms with E-state index in [2.05, 4.69) is 90.4 Å². The van der Waals surface area contributed by atoms with Gasteiger partial charge in [-0.15, -0.1) is 11.8 Å². The zero-order valence-electron chi connectivity index (χ0n) is 16.6. The Morgan fingerprint density at radius 3 is 2.41 bits per heavy atom. The van der Waals surface area contributed by atoms with E-state index >= 15 is 0 Å². The quantitative estimate of drug-likeness (QED) is 0.225. The van der Waals surface area contributed by atoms with Gasteiger partial charge in [-0.25, -0.2) is 0 Å². The summed E-state index contributed by atoms with van der Waals surface area (Å²) in [6.07, 6.45) is 0. The minimum atomic E-state index is 0.674. The molecule has 0 fully saturated rings. The number of hydrogen-bond donors (Lipinski definition) is 2. The van der Waals surface area contributed by atoms with E-state index in [1.165, 1.54) is 21.6 Å². The van der Waals surface area contributed by atoms with Gasteiger partial charge in [-0.2, -0.15) is 11.8 Å². The lowest BCUT2D eigenvalue weighted by atomic mass is 10.2. The Bertz CT molecular complexity index is 896. The van der Waals surface area contributed by atoms with Gasteiger partial charge in [0.2, 0.25) is 0 Å². The summed E-state index contributed by atoms with van der Waals surface area (Å²) in [6, 6.07) is 27.6. The van der Waals surface area contributed by atoms with Gasteiger partial charge in [0.25, 0.3) is 0 Å². The largest absolute Gasteiger partial charge is 0.362 e. The minimum Gasteiger partial charge on any atom is -0.362 e. The van der Waals surface area contributed by atoms with Crippen molar-refractivity contribution in [1.82, 2.24) is 5.32 Å². The van der Waals surface area contributed by atoms with Crippen LogP contribution in [0.5, 0.6) is 0 Å². The lowest BCUT2D eigenvalue weighted by molar-refractivity contribution is 0.989. The summed E-state index contributed by atoms with van der Waals surface area (Å²) in [7, 11) is 0. The third-order valence-corrected chi connectivity index (χ3v) is 6.60. The fourth-order valence-electron chi connectivity index (χ4n) is 2.77. The van der Waals surface area contributed by atoms with Crippen LogP contribution in [0.1, 0.15) is 16.7 Å². The smallest absolute Gasteiger partial charge is 0.170 e. The topological polar surface area (TPSA) is 24.1 Å². The standard InChI is InChI=1S/C24H26N2S3/c1-19-6-5-7-21(16-19)17-28-15-14-25-24(27)26-22-12-10-20(11-13-22)18-29-23-8-3-2-4-9-23/h2-13,16H,14-15,17-18H2,1H3,(H2,25,26,27). The molecule has 0 saturated carbocycles. The van der Waals surface area contributed by atoms with Crippen LogP contribution in [0, 0.1) is 6.92 Å². The van der Waals surface area contributed by atoms with Gasteiger partial charge in [0.05, 0.1) is 0 Å². The monoisotopic (exact) mass is 438 g/mol. The maximum absolute atomic E-state index is 5.41. The van der Waals surface area contributed by atoms with Crippen molar-refractivity contribution >= 4 is 46.5 Å². The third-order valence-electron chi connectivity index (χ3n) is 4.24. The zero-order valence-corrected chi connectivity index (χ0v) is 19.0. The number of thioether (sulfide) groups is 2. The molecule has 29 heavy (non-hydrogen) atoms. The van der Waals surface area contributed by atoms with Gasteiger partial charge in [0, 0.05) is 34.4 Å². The number of rotatable bonds is 9. The molecule has 2 nitrogen and oxygen atoms in total. The van der Waals surface area contributed by atoms with Crippen molar-refractivity contribution in [3.63, 3.8) is 0 Å². The summed E-state index contributed by atoms with van der Waals surface area (Å²) in [4.78, 5) is 1.29. The number of thiocarbonyl (C=S) groups is 1. The Morgan fingerprint density at radius 1 is 0.862 bits per heavy atom. The van der Waals surface area contributed by atoms with Crippen LogP contribution in [0.2, 0.25) is 0 Å². The predicted octanol–water partition coefficient (Wildman–Crippen LogP) is 6.51. The van der Waals surface area contributed by atoms with Crippen molar-refractivity contribution in [2.75, 3.05) is 17.6 Å². The number of nitrogens with one attached hydrogen (secondary N) is 2. The highest BCUT2D eigenvalue weighted by atomic mass is 32.2. The summed E-state index contributed by atoms with van der Waals surface area (Å²) >= 11 is 9.17. The summed E-state index contributed by atoms with van der Waals surface area (Å²) < 4.78 is 0. The lowest BCUT2D eigenvalue weighted by Crippen LogP contribution is -2.30.